The molecule has 4 nitrogen and oxygen atoms in total. The SMILES string of the molecule is CCc1cc(Br)ccc1NS(=O)(=O)CCNC(C)C. The summed E-state index contributed by atoms with van der Waals surface area (Å²) < 4.78 is 27.5. The zero-order valence-corrected chi connectivity index (χ0v) is 13.9. The highest BCUT2D eigenvalue weighted by Gasteiger charge is 2.12. The van der Waals surface area contributed by atoms with Crippen molar-refractivity contribution in [3.8, 4) is 0 Å². The van der Waals surface area contributed by atoms with Crippen LogP contribution in [0, 0.1) is 0 Å². The second-order valence-electron chi connectivity index (χ2n) is 4.68. The molecule has 0 fully saturated rings. The average Bonchev–Trinajstić information content (AvgIpc) is 2.30. The molecule has 108 valence electrons. The maximum Gasteiger partial charge on any atom is 0.233 e. The number of nitrogens with one attached hydrogen (secondary N) is 2. The van der Waals surface area contributed by atoms with E-state index >= 15 is 0 Å². The van der Waals surface area contributed by atoms with E-state index in [1.807, 2.05) is 32.9 Å². The van der Waals surface area contributed by atoms with Crippen LogP contribution < -0.4 is 10.0 Å². The fourth-order valence-electron chi connectivity index (χ4n) is 1.65. The van der Waals surface area contributed by atoms with Crippen molar-refractivity contribution in [1.29, 1.82) is 0 Å². The molecule has 0 spiro atoms. The lowest BCUT2D eigenvalue weighted by molar-refractivity contribution is 0.582. The number of hydrogen-bond acceptors (Lipinski definition) is 3. The molecule has 0 aliphatic carbocycles. The maximum atomic E-state index is 12.0. The molecule has 1 aromatic carbocycles. The summed E-state index contributed by atoms with van der Waals surface area (Å²) in [6, 6.07) is 5.85. The van der Waals surface area contributed by atoms with E-state index in [1.54, 1.807) is 6.07 Å². The topological polar surface area (TPSA) is 58.2 Å². The molecule has 0 saturated carbocycles. The van der Waals surface area contributed by atoms with Crippen LogP contribution in [-0.4, -0.2) is 26.8 Å². The highest BCUT2D eigenvalue weighted by Crippen LogP contribution is 2.22. The Hall–Kier alpha value is -0.590. The molecular weight excluding hydrogens is 328 g/mol. The molecule has 0 bridgehead atoms. The summed E-state index contributed by atoms with van der Waals surface area (Å²) in [5.74, 6) is 0.0738. The van der Waals surface area contributed by atoms with Crippen LogP contribution in [0.1, 0.15) is 26.3 Å². The van der Waals surface area contributed by atoms with E-state index in [0.717, 1.165) is 16.5 Å². The first-order valence-electron chi connectivity index (χ1n) is 6.36. The van der Waals surface area contributed by atoms with Gasteiger partial charge in [0.1, 0.15) is 0 Å². The molecular formula is C13H21BrN2O2S. The lowest BCUT2D eigenvalue weighted by atomic mass is 10.1. The van der Waals surface area contributed by atoms with Gasteiger partial charge in [0.15, 0.2) is 0 Å². The third kappa shape index (κ3) is 5.93. The Morgan fingerprint density at radius 3 is 2.58 bits per heavy atom. The lowest BCUT2D eigenvalue weighted by Crippen LogP contribution is -2.31. The van der Waals surface area contributed by atoms with Crippen molar-refractivity contribution in [3.63, 3.8) is 0 Å². The molecule has 0 aromatic heterocycles. The summed E-state index contributed by atoms with van der Waals surface area (Å²) in [4.78, 5) is 0. The summed E-state index contributed by atoms with van der Waals surface area (Å²) in [5.41, 5.74) is 1.64. The summed E-state index contributed by atoms with van der Waals surface area (Å²) in [6.07, 6.45) is 0.779. The van der Waals surface area contributed by atoms with Gasteiger partial charge in [0.2, 0.25) is 10.0 Å². The largest absolute Gasteiger partial charge is 0.313 e. The maximum absolute atomic E-state index is 12.0. The Morgan fingerprint density at radius 2 is 2.00 bits per heavy atom. The fraction of sp³-hybridized carbons (Fsp3) is 0.538. The minimum absolute atomic E-state index is 0.0738. The molecule has 2 N–H and O–H groups in total. The average molecular weight is 349 g/mol. The van der Waals surface area contributed by atoms with E-state index < -0.39 is 10.0 Å². The highest BCUT2D eigenvalue weighted by molar-refractivity contribution is 9.10. The van der Waals surface area contributed by atoms with Gasteiger partial charge in [-0.1, -0.05) is 36.7 Å². The Bertz CT molecular complexity index is 515. The first-order valence-corrected chi connectivity index (χ1v) is 8.81. The van der Waals surface area contributed by atoms with Gasteiger partial charge in [0.25, 0.3) is 0 Å². The Balaban J connectivity index is 2.72. The van der Waals surface area contributed by atoms with Crippen molar-refractivity contribution in [2.75, 3.05) is 17.0 Å². The van der Waals surface area contributed by atoms with Crippen LogP contribution in [0.2, 0.25) is 0 Å². The van der Waals surface area contributed by atoms with Crippen LogP contribution in [0.3, 0.4) is 0 Å². The first-order chi connectivity index (χ1) is 8.84. The Kier molecular flexibility index (Phi) is 6.29. The molecule has 0 atom stereocenters. The summed E-state index contributed by atoms with van der Waals surface area (Å²) in [7, 11) is -3.30. The fourth-order valence-corrected chi connectivity index (χ4v) is 3.09. The number of aryl methyl sites for hydroxylation is 1. The van der Waals surface area contributed by atoms with Crippen LogP contribution in [0.4, 0.5) is 5.69 Å². The molecule has 0 saturated heterocycles. The van der Waals surface area contributed by atoms with Crippen LogP contribution >= 0.6 is 15.9 Å². The van der Waals surface area contributed by atoms with E-state index in [0.29, 0.717) is 12.2 Å². The number of anilines is 1. The molecule has 0 aliphatic heterocycles. The van der Waals surface area contributed by atoms with E-state index in [9.17, 15) is 8.42 Å². The normalized spacial score (nSPS) is 11.8. The molecule has 0 aliphatic rings. The van der Waals surface area contributed by atoms with Crippen molar-refractivity contribution < 1.29 is 8.42 Å². The van der Waals surface area contributed by atoms with E-state index in [2.05, 4.69) is 26.0 Å². The molecule has 0 heterocycles. The van der Waals surface area contributed by atoms with Gasteiger partial charge in [-0.25, -0.2) is 8.42 Å². The number of hydrogen-bond donors (Lipinski definition) is 2. The number of sulfonamides is 1. The third-order valence-electron chi connectivity index (χ3n) is 2.64. The number of rotatable bonds is 7. The zero-order chi connectivity index (χ0) is 14.5. The van der Waals surface area contributed by atoms with Crippen molar-refractivity contribution in [2.24, 2.45) is 0 Å². The van der Waals surface area contributed by atoms with E-state index in [4.69, 9.17) is 0 Å². The van der Waals surface area contributed by atoms with Gasteiger partial charge >= 0.3 is 0 Å². The van der Waals surface area contributed by atoms with Gasteiger partial charge in [-0.2, -0.15) is 0 Å². The second-order valence-corrected chi connectivity index (χ2v) is 7.44. The number of benzene rings is 1. The van der Waals surface area contributed by atoms with Crippen molar-refractivity contribution in [1.82, 2.24) is 5.32 Å². The molecule has 19 heavy (non-hydrogen) atoms. The third-order valence-corrected chi connectivity index (χ3v) is 4.40. The van der Waals surface area contributed by atoms with Gasteiger partial charge in [-0.05, 0) is 30.2 Å². The van der Waals surface area contributed by atoms with Gasteiger partial charge in [-0.15, -0.1) is 0 Å². The summed E-state index contributed by atoms with van der Waals surface area (Å²) >= 11 is 3.39. The first kappa shape index (κ1) is 16.5. The summed E-state index contributed by atoms with van der Waals surface area (Å²) in [6.45, 7) is 6.43. The van der Waals surface area contributed by atoms with Gasteiger partial charge in [0, 0.05) is 17.1 Å². The van der Waals surface area contributed by atoms with Crippen molar-refractivity contribution in [2.45, 2.75) is 33.2 Å². The summed E-state index contributed by atoms with van der Waals surface area (Å²) in [5, 5.41) is 3.10. The molecule has 6 heteroatoms. The van der Waals surface area contributed by atoms with Gasteiger partial charge in [-0.3, -0.25) is 4.72 Å². The monoisotopic (exact) mass is 348 g/mol. The molecule has 1 aromatic rings. The standard InChI is InChI=1S/C13H21BrN2O2S/c1-4-11-9-12(14)5-6-13(11)16-19(17,18)8-7-15-10(2)3/h5-6,9-10,15-16H,4,7-8H2,1-3H3. The second kappa shape index (κ2) is 7.26. The lowest BCUT2D eigenvalue weighted by Gasteiger charge is -2.13. The molecule has 1 rings (SSSR count). The van der Waals surface area contributed by atoms with E-state index in [1.165, 1.54) is 0 Å². The molecule has 0 unspecified atom stereocenters. The van der Waals surface area contributed by atoms with Crippen LogP contribution in [0.5, 0.6) is 0 Å². The smallest absolute Gasteiger partial charge is 0.233 e. The highest BCUT2D eigenvalue weighted by atomic mass is 79.9. The van der Waals surface area contributed by atoms with Gasteiger partial charge < -0.3 is 5.32 Å². The quantitative estimate of drug-likeness (QED) is 0.796. The molecule has 0 radical (unpaired) electrons. The van der Waals surface area contributed by atoms with Gasteiger partial charge in [0.05, 0.1) is 11.4 Å². The Morgan fingerprint density at radius 1 is 1.32 bits per heavy atom. The predicted molar refractivity (Wildman–Crippen MR) is 84.1 cm³/mol. The van der Waals surface area contributed by atoms with Crippen molar-refractivity contribution in [3.05, 3.63) is 28.2 Å². The number of halogens is 1. The zero-order valence-electron chi connectivity index (χ0n) is 11.5. The van der Waals surface area contributed by atoms with Crippen LogP contribution in [0.25, 0.3) is 0 Å². The minimum Gasteiger partial charge on any atom is -0.313 e. The van der Waals surface area contributed by atoms with E-state index in [-0.39, 0.29) is 11.8 Å². The predicted octanol–water partition coefficient (Wildman–Crippen LogP) is 2.75. The van der Waals surface area contributed by atoms with Crippen molar-refractivity contribution >= 4 is 31.6 Å². The molecule has 0 amide bonds. The Labute approximate surface area is 124 Å². The minimum atomic E-state index is -3.30. The van der Waals surface area contributed by atoms with Crippen LogP contribution in [0.15, 0.2) is 22.7 Å². The van der Waals surface area contributed by atoms with Crippen LogP contribution in [-0.2, 0) is 16.4 Å².